The Morgan fingerprint density at radius 2 is 2.00 bits per heavy atom. The van der Waals surface area contributed by atoms with E-state index in [2.05, 4.69) is 21.2 Å². The van der Waals surface area contributed by atoms with Crippen molar-refractivity contribution in [1.29, 1.82) is 0 Å². The molecule has 0 aliphatic heterocycles. The van der Waals surface area contributed by atoms with Gasteiger partial charge in [0.1, 0.15) is 0 Å². The van der Waals surface area contributed by atoms with Crippen LogP contribution >= 0.6 is 27.5 Å². The molecule has 0 bridgehead atoms. The molecule has 21 heavy (non-hydrogen) atoms. The van der Waals surface area contributed by atoms with Gasteiger partial charge in [0.2, 0.25) is 0 Å². The highest BCUT2D eigenvalue weighted by Crippen LogP contribution is 2.30. The Labute approximate surface area is 136 Å². The molecule has 0 heterocycles. The Morgan fingerprint density at radius 1 is 1.24 bits per heavy atom. The molecule has 0 fully saturated rings. The van der Waals surface area contributed by atoms with E-state index in [-0.39, 0.29) is 5.56 Å². The summed E-state index contributed by atoms with van der Waals surface area (Å²) in [5.74, 6) is -1.68. The van der Waals surface area contributed by atoms with Gasteiger partial charge in [0.05, 0.1) is 11.1 Å². The van der Waals surface area contributed by atoms with Crippen LogP contribution in [0, 0.1) is 11.6 Å². The molecule has 112 valence electrons. The summed E-state index contributed by atoms with van der Waals surface area (Å²) < 4.78 is 28.3. The molecule has 0 aliphatic rings. The van der Waals surface area contributed by atoms with Gasteiger partial charge in [-0.3, -0.25) is 0 Å². The van der Waals surface area contributed by atoms with Crippen molar-refractivity contribution in [3.8, 4) is 0 Å². The van der Waals surface area contributed by atoms with Crippen molar-refractivity contribution in [1.82, 2.24) is 5.32 Å². The largest absolute Gasteiger partial charge is 0.306 e. The molecule has 1 nitrogen and oxygen atoms in total. The number of rotatable bonds is 5. The summed E-state index contributed by atoms with van der Waals surface area (Å²) in [7, 11) is 0. The van der Waals surface area contributed by atoms with Crippen molar-refractivity contribution in [2.75, 3.05) is 6.54 Å². The van der Waals surface area contributed by atoms with Crippen LogP contribution in [0.15, 0.2) is 40.9 Å². The second kappa shape index (κ2) is 7.34. The van der Waals surface area contributed by atoms with Gasteiger partial charge in [0.25, 0.3) is 0 Å². The summed E-state index contributed by atoms with van der Waals surface area (Å²) in [5, 5.41) is 3.77. The second-order valence-corrected chi connectivity index (χ2v) is 5.97. The fourth-order valence-corrected chi connectivity index (χ4v) is 2.57. The number of hydrogen-bond donors (Lipinski definition) is 1. The Morgan fingerprint density at radius 3 is 2.67 bits per heavy atom. The minimum atomic E-state index is -0.848. The van der Waals surface area contributed by atoms with Crippen LogP contribution in [0.3, 0.4) is 0 Å². The van der Waals surface area contributed by atoms with Gasteiger partial charge in [0, 0.05) is 10.0 Å². The van der Waals surface area contributed by atoms with Crippen LogP contribution in [-0.4, -0.2) is 6.54 Å². The van der Waals surface area contributed by atoms with Crippen molar-refractivity contribution in [2.45, 2.75) is 19.4 Å². The number of hydrogen-bond acceptors (Lipinski definition) is 1. The maximum Gasteiger partial charge on any atom is 0.163 e. The van der Waals surface area contributed by atoms with Crippen molar-refractivity contribution >= 4 is 27.5 Å². The van der Waals surface area contributed by atoms with E-state index in [1.807, 2.05) is 13.0 Å². The molecular formula is C16H15BrClF2N. The first-order valence-electron chi connectivity index (χ1n) is 6.66. The van der Waals surface area contributed by atoms with E-state index < -0.39 is 17.7 Å². The molecule has 0 spiro atoms. The molecule has 2 rings (SSSR count). The van der Waals surface area contributed by atoms with Crippen molar-refractivity contribution in [2.24, 2.45) is 0 Å². The third kappa shape index (κ3) is 3.82. The highest BCUT2D eigenvalue weighted by atomic mass is 79.9. The summed E-state index contributed by atoms with van der Waals surface area (Å²) in [6, 6.07) is 9.17. The van der Waals surface area contributed by atoms with E-state index >= 15 is 0 Å². The fraction of sp³-hybridized carbons (Fsp3) is 0.250. The first-order valence-corrected chi connectivity index (χ1v) is 7.84. The van der Waals surface area contributed by atoms with E-state index in [0.29, 0.717) is 11.6 Å². The SMILES string of the molecule is CCCNC(c1ccc(Br)c(Cl)c1)c1cccc(F)c1F. The lowest BCUT2D eigenvalue weighted by Gasteiger charge is -2.21. The summed E-state index contributed by atoms with van der Waals surface area (Å²) in [4.78, 5) is 0. The van der Waals surface area contributed by atoms with E-state index in [0.717, 1.165) is 22.5 Å². The average molecular weight is 375 g/mol. The van der Waals surface area contributed by atoms with Gasteiger partial charge in [-0.25, -0.2) is 8.78 Å². The molecule has 0 aliphatic carbocycles. The van der Waals surface area contributed by atoms with E-state index in [9.17, 15) is 8.78 Å². The predicted molar refractivity (Wildman–Crippen MR) is 85.6 cm³/mol. The number of nitrogens with one attached hydrogen (secondary N) is 1. The molecule has 1 N–H and O–H groups in total. The quantitative estimate of drug-likeness (QED) is 0.732. The van der Waals surface area contributed by atoms with Gasteiger partial charge >= 0.3 is 0 Å². The lowest BCUT2D eigenvalue weighted by molar-refractivity contribution is 0.480. The molecule has 2 aromatic rings. The van der Waals surface area contributed by atoms with Crippen molar-refractivity contribution in [3.05, 3.63) is 68.7 Å². The van der Waals surface area contributed by atoms with E-state index in [1.165, 1.54) is 6.07 Å². The Balaban J connectivity index is 2.47. The molecule has 0 radical (unpaired) electrons. The van der Waals surface area contributed by atoms with Gasteiger partial charge in [-0.1, -0.05) is 36.7 Å². The van der Waals surface area contributed by atoms with Crippen LogP contribution in [0.25, 0.3) is 0 Å². The minimum absolute atomic E-state index is 0.279. The molecule has 1 unspecified atom stereocenters. The molecule has 0 saturated heterocycles. The summed E-state index contributed by atoms with van der Waals surface area (Å²) >= 11 is 9.44. The van der Waals surface area contributed by atoms with Crippen LogP contribution in [0.5, 0.6) is 0 Å². The predicted octanol–water partition coefficient (Wildman–Crippen LogP) is 5.47. The highest BCUT2D eigenvalue weighted by Gasteiger charge is 2.20. The zero-order chi connectivity index (χ0) is 15.4. The van der Waals surface area contributed by atoms with Gasteiger partial charge < -0.3 is 5.32 Å². The van der Waals surface area contributed by atoms with E-state index in [1.54, 1.807) is 18.2 Å². The average Bonchev–Trinajstić information content (AvgIpc) is 2.47. The maximum absolute atomic E-state index is 14.1. The first-order chi connectivity index (χ1) is 10.0. The second-order valence-electron chi connectivity index (χ2n) is 4.70. The zero-order valence-corrected chi connectivity index (χ0v) is 13.8. The van der Waals surface area contributed by atoms with Crippen LogP contribution in [0.4, 0.5) is 8.78 Å². The van der Waals surface area contributed by atoms with Crippen LogP contribution in [0.2, 0.25) is 5.02 Å². The molecule has 0 aromatic heterocycles. The van der Waals surface area contributed by atoms with Gasteiger partial charge in [-0.2, -0.15) is 0 Å². The minimum Gasteiger partial charge on any atom is -0.306 e. The normalized spacial score (nSPS) is 12.4. The van der Waals surface area contributed by atoms with E-state index in [4.69, 9.17) is 11.6 Å². The molecule has 2 aromatic carbocycles. The van der Waals surface area contributed by atoms with Crippen molar-refractivity contribution < 1.29 is 8.78 Å². The Bertz CT molecular complexity index is 634. The molecule has 5 heteroatoms. The van der Waals surface area contributed by atoms with Crippen LogP contribution in [-0.2, 0) is 0 Å². The van der Waals surface area contributed by atoms with Gasteiger partial charge in [0.15, 0.2) is 11.6 Å². The lowest BCUT2D eigenvalue weighted by Crippen LogP contribution is -2.24. The zero-order valence-electron chi connectivity index (χ0n) is 11.5. The Kier molecular flexibility index (Phi) is 5.73. The highest BCUT2D eigenvalue weighted by molar-refractivity contribution is 9.10. The van der Waals surface area contributed by atoms with Crippen LogP contribution < -0.4 is 5.32 Å². The summed E-state index contributed by atoms with van der Waals surface area (Å²) in [6.07, 6.45) is 0.887. The van der Waals surface area contributed by atoms with Gasteiger partial charge in [-0.15, -0.1) is 0 Å². The molecular weight excluding hydrogens is 360 g/mol. The van der Waals surface area contributed by atoms with Crippen LogP contribution in [0.1, 0.15) is 30.5 Å². The smallest absolute Gasteiger partial charge is 0.163 e. The maximum atomic E-state index is 14.1. The van der Waals surface area contributed by atoms with Crippen molar-refractivity contribution in [3.63, 3.8) is 0 Å². The Hall–Kier alpha value is -0.970. The fourth-order valence-electron chi connectivity index (χ4n) is 2.13. The number of benzene rings is 2. The first kappa shape index (κ1) is 16.4. The van der Waals surface area contributed by atoms with Gasteiger partial charge in [-0.05, 0) is 52.7 Å². The topological polar surface area (TPSA) is 12.0 Å². The number of halogens is 4. The lowest BCUT2D eigenvalue weighted by atomic mass is 9.98. The molecule has 0 saturated carbocycles. The monoisotopic (exact) mass is 373 g/mol. The third-order valence-corrected chi connectivity index (χ3v) is 4.40. The summed E-state index contributed by atoms with van der Waals surface area (Å²) in [5.41, 5.74) is 1.07. The third-order valence-electron chi connectivity index (χ3n) is 3.17. The standard InChI is InChI=1S/C16H15BrClF2N/c1-2-8-21-16(10-6-7-12(17)13(18)9-10)11-4-3-5-14(19)15(11)20/h3-7,9,16,21H,2,8H2,1H3. The molecule has 0 amide bonds. The molecule has 1 atom stereocenters. The summed E-state index contributed by atoms with van der Waals surface area (Å²) in [6.45, 7) is 2.70.